The van der Waals surface area contributed by atoms with Crippen LogP contribution in [0.15, 0.2) is 18.2 Å². The molecule has 5 heteroatoms. The van der Waals surface area contributed by atoms with E-state index in [1.54, 1.807) is 13.2 Å². The molecule has 20 heavy (non-hydrogen) atoms. The smallest absolute Gasteiger partial charge is 0.251 e. The maximum absolute atomic E-state index is 11.8. The van der Waals surface area contributed by atoms with Gasteiger partial charge in [-0.3, -0.25) is 4.79 Å². The summed E-state index contributed by atoms with van der Waals surface area (Å²) in [5, 5.41) is 2.78. The van der Waals surface area contributed by atoms with E-state index in [2.05, 4.69) is 10.2 Å². The summed E-state index contributed by atoms with van der Waals surface area (Å²) < 4.78 is 5.37. The van der Waals surface area contributed by atoms with Crippen LogP contribution in [0.1, 0.15) is 30.1 Å². The minimum atomic E-state index is -0.0798. The Kier molecular flexibility index (Phi) is 4.84. The fraction of sp³-hybridized carbons (Fsp3) is 0.533. The Morgan fingerprint density at radius 2 is 2.15 bits per heavy atom. The lowest BCUT2D eigenvalue weighted by Gasteiger charge is -2.33. The highest BCUT2D eigenvalue weighted by atomic mass is 16.5. The van der Waals surface area contributed by atoms with Crippen LogP contribution in [0.4, 0.5) is 11.4 Å². The SMILES string of the molecule is CCNC(=O)c1ccc(N2CCC(OC)CC2)c(N)c1. The molecule has 1 aliphatic heterocycles. The number of anilines is 2. The molecular formula is C15H23N3O2. The summed E-state index contributed by atoms with van der Waals surface area (Å²) in [6, 6.07) is 5.52. The standard InChI is InChI=1S/C15H23N3O2/c1-3-17-15(19)11-4-5-14(13(16)10-11)18-8-6-12(20-2)7-9-18/h4-5,10,12H,3,6-9,16H2,1-2H3,(H,17,19). The van der Waals surface area contributed by atoms with E-state index >= 15 is 0 Å². The van der Waals surface area contributed by atoms with Crippen LogP contribution in [-0.4, -0.2) is 38.8 Å². The third-order valence-corrected chi connectivity index (χ3v) is 3.74. The number of nitrogens with two attached hydrogens (primary N) is 1. The van der Waals surface area contributed by atoms with E-state index in [9.17, 15) is 4.79 Å². The van der Waals surface area contributed by atoms with Gasteiger partial charge in [-0.05, 0) is 38.0 Å². The van der Waals surface area contributed by atoms with Gasteiger partial charge in [-0.15, -0.1) is 0 Å². The monoisotopic (exact) mass is 277 g/mol. The van der Waals surface area contributed by atoms with Crippen molar-refractivity contribution >= 4 is 17.3 Å². The normalized spacial score (nSPS) is 16.2. The van der Waals surface area contributed by atoms with Crippen molar-refractivity contribution in [3.8, 4) is 0 Å². The van der Waals surface area contributed by atoms with Gasteiger partial charge in [0.2, 0.25) is 0 Å². The average molecular weight is 277 g/mol. The second-order valence-electron chi connectivity index (χ2n) is 5.06. The molecule has 0 unspecified atom stereocenters. The lowest BCUT2D eigenvalue weighted by Crippen LogP contribution is -2.37. The van der Waals surface area contributed by atoms with Crippen molar-refractivity contribution < 1.29 is 9.53 Å². The second-order valence-corrected chi connectivity index (χ2v) is 5.06. The van der Waals surface area contributed by atoms with Crippen LogP contribution in [0.5, 0.6) is 0 Å². The summed E-state index contributed by atoms with van der Waals surface area (Å²) in [4.78, 5) is 14.0. The molecule has 0 atom stereocenters. The molecule has 1 heterocycles. The quantitative estimate of drug-likeness (QED) is 0.821. The second kappa shape index (κ2) is 6.61. The molecule has 1 aliphatic rings. The number of hydrogen-bond donors (Lipinski definition) is 2. The molecule has 0 spiro atoms. The van der Waals surface area contributed by atoms with Gasteiger partial charge in [0.25, 0.3) is 5.91 Å². The molecule has 110 valence electrons. The lowest BCUT2D eigenvalue weighted by molar-refractivity contribution is 0.0819. The molecule has 1 amide bonds. The largest absolute Gasteiger partial charge is 0.397 e. The Labute approximate surface area is 120 Å². The van der Waals surface area contributed by atoms with Crippen LogP contribution >= 0.6 is 0 Å². The van der Waals surface area contributed by atoms with E-state index in [0.717, 1.165) is 31.6 Å². The minimum absolute atomic E-state index is 0.0798. The summed E-state index contributed by atoms with van der Waals surface area (Å²) in [6.07, 6.45) is 2.37. The minimum Gasteiger partial charge on any atom is -0.397 e. The molecule has 5 nitrogen and oxygen atoms in total. The average Bonchev–Trinajstić information content (AvgIpc) is 2.47. The molecule has 0 aromatic heterocycles. The molecular weight excluding hydrogens is 254 g/mol. The van der Waals surface area contributed by atoms with Gasteiger partial charge < -0.3 is 20.7 Å². The Morgan fingerprint density at radius 3 is 2.70 bits per heavy atom. The number of nitrogens with zero attached hydrogens (tertiary/aromatic N) is 1. The highest BCUT2D eigenvalue weighted by Crippen LogP contribution is 2.27. The van der Waals surface area contributed by atoms with Gasteiger partial charge in [0.05, 0.1) is 17.5 Å². The first-order chi connectivity index (χ1) is 9.65. The number of rotatable bonds is 4. The van der Waals surface area contributed by atoms with Gasteiger partial charge in [-0.25, -0.2) is 0 Å². The van der Waals surface area contributed by atoms with Gasteiger partial charge in [0.1, 0.15) is 0 Å². The number of piperidine rings is 1. The molecule has 1 aromatic rings. The third kappa shape index (κ3) is 3.22. The van der Waals surface area contributed by atoms with E-state index in [1.165, 1.54) is 0 Å². The van der Waals surface area contributed by atoms with Crippen molar-refractivity contribution in [2.75, 3.05) is 37.4 Å². The van der Waals surface area contributed by atoms with Crippen LogP contribution < -0.4 is 16.0 Å². The first kappa shape index (κ1) is 14.7. The van der Waals surface area contributed by atoms with Crippen LogP contribution in [-0.2, 0) is 4.74 Å². The van der Waals surface area contributed by atoms with Gasteiger partial charge in [0.15, 0.2) is 0 Å². The Bertz CT molecular complexity index is 468. The van der Waals surface area contributed by atoms with E-state index < -0.39 is 0 Å². The Morgan fingerprint density at radius 1 is 1.45 bits per heavy atom. The number of carbonyl (C=O) groups is 1. The summed E-state index contributed by atoms with van der Waals surface area (Å²) in [6.45, 7) is 4.38. The summed E-state index contributed by atoms with van der Waals surface area (Å²) in [5.41, 5.74) is 8.38. The first-order valence-corrected chi connectivity index (χ1v) is 7.11. The Hall–Kier alpha value is -1.75. The summed E-state index contributed by atoms with van der Waals surface area (Å²) >= 11 is 0. The number of nitrogens with one attached hydrogen (secondary N) is 1. The predicted molar refractivity (Wildman–Crippen MR) is 81.1 cm³/mol. The third-order valence-electron chi connectivity index (χ3n) is 3.74. The van der Waals surface area contributed by atoms with E-state index in [0.29, 0.717) is 23.9 Å². The van der Waals surface area contributed by atoms with Crippen LogP contribution in [0, 0.1) is 0 Å². The van der Waals surface area contributed by atoms with E-state index in [1.807, 2.05) is 19.1 Å². The van der Waals surface area contributed by atoms with Gasteiger partial charge in [-0.1, -0.05) is 0 Å². The van der Waals surface area contributed by atoms with Gasteiger partial charge in [0, 0.05) is 32.3 Å². The van der Waals surface area contributed by atoms with Gasteiger partial charge in [-0.2, -0.15) is 0 Å². The molecule has 0 aliphatic carbocycles. The van der Waals surface area contributed by atoms with Gasteiger partial charge >= 0.3 is 0 Å². The molecule has 1 aromatic carbocycles. The van der Waals surface area contributed by atoms with Crippen molar-refractivity contribution in [1.82, 2.24) is 5.32 Å². The van der Waals surface area contributed by atoms with Crippen molar-refractivity contribution in [2.24, 2.45) is 0 Å². The van der Waals surface area contributed by atoms with Crippen molar-refractivity contribution in [3.05, 3.63) is 23.8 Å². The maximum atomic E-state index is 11.8. The van der Waals surface area contributed by atoms with Crippen LogP contribution in [0.25, 0.3) is 0 Å². The molecule has 1 fully saturated rings. The highest BCUT2D eigenvalue weighted by molar-refractivity contribution is 5.96. The van der Waals surface area contributed by atoms with Crippen molar-refractivity contribution in [2.45, 2.75) is 25.9 Å². The number of hydrogen-bond acceptors (Lipinski definition) is 4. The molecule has 3 N–H and O–H groups in total. The van der Waals surface area contributed by atoms with Crippen molar-refractivity contribution in [1.29, 1.82) is 0 Å². The highest BCUT2D eigenvalue weighted by Gasteiger charge is 2.20. The molecule has 0 radical (unpaired) electrons. The fourth-order valence-corrected chi connectivity index (χ4v) is 2.58. The number of amides is 1. The molecule has 2 rings (SSSR count). The molecule has 0 saturated carbocycles. The lowest BCUT2D eigenvalue weighted by atomic mass is 10.1. The van der Waals surface area contributed by atoms with Crippen LogP contribution in [0.2, 0.25) is 0 Å². The fourth-order valence-electron chi connectivity index (χ4n) is 2.58. The molecule has 1 saturated heterocycles. The Balaban J connectivity index is 2.08. The number of nitrogen functional groups attached to an aromatic ring is 1. The zero-order valence-corrected chi connectivity index (χ0v) is 12.2. The number of ether oxygens (including phenoxy) is 1. The van der Waals surface area contributed by atoms with Crippen LogP contribution in [0.3, 0.4) is 0 Å². The van der Waals surface area contributed by atoms with Crippen molar-refractivity contribution in [3.63, 3.8) is 0 Å². The number of methoxy groups -OCH3 is 1. The van der Waals surface area contributed by atoms with E-state index in [-0.39, 0.29) is 5.91 Å². The summed E-state index contributed by atoms with van der Waals surface area (Å²) in [7, 11) is 1.76. The number of benzene rings is 1. The maximum Gasteiger partial charge on any atom is 0.251 e. The zero-order chi connectivity index (χ0) is 14.5. The zero-order valence-electron chi connectivity index (χ0n) is 12.2. The number of carbonyl (C=O) groups excluding carboxylic acids is 1. The molecule has 0 bridgehead atoms. The van der Waals surface area contributed by atoms with E-state index in [4.69, 9.17) is 10.5 Å². The summed E-state index contributed by atoms with van der Waals surface area (Å²) in [5.74, 6) is -0.0798. The topological polar surface area (TPSA) is 67.6 Å². The first-order valence-electron chi connectivity index (χ1n) is 7.11. The predicted octanol–water partition coefficient (Wildman–Crippen LogP) is 1.63.